The van der Waals surface area contributed by atoms with Gasteiger partial charge in [0.1, 0.15) is 11.6 Å². The lowest BCUT2D eigenvalue weighted by Crippen LogP contribution is -2.42. The molecule has 2 aromatic rings. The molecule has 0 fully saturated rings. The molecule has 0 bridgehead atoms. The summed E-state index contributed by atoms with van der Waals surface area (Å²) in [6, 6.07) is 3.53. The van der Waals surface area contributed by atoms with Crippen LogP contribution < -0.4 is 5.32 Å². The van der Waals surface area contributed by atoms with Gasteiger partial charge >= 0.3 is 0 Å². The minimum atomic E-state index is -0.102. The highest BCUT2D eigenvalue weighted by Gasteiger charge is 2.30. The van der Waals surface area contributed by atoms with E-state index in [1.54, 1.807) is 12.3 Å². The van der Waals surface area contributed by atoms with Crippen LogP contribution >= 0.6 is 0 Å². The summed E-state index contributed by atoms with van der Waals surface area (Å²) in [4.78, 5) is 30.9. The van der Waals surface area contributed by atoms with Crippen molar-refractivity contribution in [1.29, 1.82) is 0 Å². The average Bonchev–Trinajstić information content (AvgIpc) is 3.22. The van der Waals surface area contributed by atoms with Crippen molar-refractivity contribution in [3.05, 3.63) is 41.9 Å². The molecule has 0 aromatic carbocycles. The van der Waals surface area contributed by atoms with Crippen LogP contribution in [0.2, 0.25) is 0 Å². The molecule has 0 saturated carbocycles. The third kappa shape index (κ3) is 3.75. The fourth-order valence-electron chi connectivity index (χ4n) is 3.09. The Kier molecular flexibility index (Phi) is 4.92. The normalized spacial score (nSPS) is 16.8. The van der Waals surface area contributed by atoms with E-state index in [-0.39, 0.29) is 30.2 Å². The van der Waals surface area contributed by atoms with Crippen LogP contribution in [0.15, 0.2) is 29.0 Å². The van der Waals surface area contributed by atoms with Crippen molar-refractivity contribution in [3.8, 4) is 0 Å². The number of hydrogen-bond acceptors (Lipinski definition) is 4. The van der Waals surface area contributed by atoms with Crippen LogP contribution in [0.4, 0.5) is 0 Å². The fraction of sp³-hybridized carbons (Fsp3) is 0.500. The molecule has 0 unspecified atom stereocenters. The first-order valence-electron chi connectivity index (χ1n) is 8.61. The number of fused-ring (bicyclic) bond motifs is 1. The number of imidazole rings is 1. The summed E-state index contributed by atoms with van der Waals surface area (Å²) >= 11 is 0. The number of furan rings is 1. The number of rotatable bonds is 5. The van der Waals surface area contributed by atoms with E-state index in [1.165, 1.54) is 0 Å². The Morgan fingerprint density at radius 3 is 2.88 bits per heavy atom. The number of nitrogens with zero attached hydrogens (tertiary/aromatic N) is 3. The third-order valence-electron chi connectivity index (χ3n) is 4.44. The van der Waals surface area contributed by atoms with Crippen molar-refractivity contribution < 1.29 is 14.0 Å². The Bertz CT molecular complexity index is 748. The lowest BCUT2D eigenvalue weighted by atomic mass is 10.1. The standard InChI is InChI=1S/C18H24N4O3/c1-12(2)18(24)22-7-6-21-11-14(20-17(21)13(22)3)9-16(23)19-10-15-5-4-8-25-15/h4-5,8,11-13H,6-7,9-10H2,1-3H3,(H,19,23)/t13-/m1/s1. The van der Waals surface area contributed by atoms with E-state index in [0.29, 0.717) is 25.4 Å². The predicted molar refractivity (Wildman–Crippen MR) is 91.5 cm³/mol. The summed E-state index contributed by atoms with van der Waals surface area (Å²) < 4.78 is 7.24. The van der Waals surface area contributed by atoms with E-state index in [1.807, 2.05) is 42.5 Å². The molecule has 2 amide bonds. The van der Waals surface area contributed by atoms with E-state index in [2.05, 4.69) is 10.3 Å². The van der Waals surface area contributed by atoms with Crippen LogP contribution in [0.5, 0.6) is 0 Å². The van der Waals surface area contributed by atoms with Crippen molar-refractivity contribution >= 4 is 11.8 Å². The number of carbonyl (C=O) groups is 2. The van der Waals surface area contributed by atoms with E-state index >= 15 is 0 Å². The van der Waals surface area contributed by atoms with Gasteiger partial charge in [-0.25, -0.2) is 4.98 Å². The lowest BCUT2D eigenvalue weighted by Gasteiger charge is -2.34. The average molecular weight is 344 g/mol. The van der Waals surface area contributed by atoms with Gasteiger partial charge in [0.15, 0.2) is 0 Å². The van der Waals surface area contributed by atoms with Gasteiger partial charge in [-0.3, -0.25) is 9.59 Å². The molecule has 0 saturated heterocycles. The van der Waals surface area contributed by atoms with E-state index < -0.39 is 0 Å². The smallest absolute Gasteiger partial charge is 0.226 e. The molecule has 0 radical (unpaired) electrons. The van der Waals surface area contributed by atoms with Crippen molar-refractivity contribution in [3.63, 3.8) is 0 Å². The van der Waals surface area contributed by atoms with Gasteiger partial charge in [0.05, 0.1) is 31.0 Å². The van der Waals surface area contributed by atoms with Crippen LogP contribution in [-0.2, 0) is 29.1 Å². The zero-order valence-electron chi connectivity index (χ0n) is 14.9. The molecule has 2 aromatic heterocycles. The van der Waals surface area contributed by atoms with Gasteiger partial charge in [-0.05, 0) is 19.1 Å². The van der Waals surface area contributed by atoms with Gasteiger partial charge in [-0.1, -0.05) is 13.8 Å². The van der Waals surface area contributed by atoms with Crippen molar-refractivity contribution in [2.75, 3.05) is 6.54 Å². The van der Waals surface area contributed by atoms with Crippen LogP contribution in [0.25, 0.3) is 0 Å². The predicted octanol–water partition coefficient (Wildman–Crippen LogP) is 1.89. The number of aromatic nitrogens is 2. The fourth-order valence-corrected chi connectivity index (χ4v) is 3.09. The first kappa shape index (κ1) is 17.3. The van der Waals surface area contributed by atoms with Crippen molar-refractivity contribution in [1.82, 2.24) is 19.8 Å². The minimum absolute atomic E-state index is 0.0317. The second-order valence-electron chi connectivity index (χ2n) is 6.68. The maximum absolute atomic E-state index is 12.3. The van der Waals surface area contributed by atoms with Crippen LogP contribution in [0, 0.1) is 5.92 Å². The zero-order chi connectivity index (χ0) is 18.0. The molecule has 1 aliphatic rings. The summed E-state index contributed by atoms with van der Waals surface area (Å²) in [5.74, 6) is 1.56. The van der Waals surface area contributed by atoms with Crippen LogP contribution in [-0.4, -0.2) is 32.8 Å². The first-order chi connectivity index (χ1) is 12.0. The summed E-state index contributed by atoms with van der Waals surface area (Å²) in [5.41, 5.74) is 0.720. The lowest BCUT2D eigenvalue weighted by molar-refractivity contribution is -0.137. The zero-order valence-corrected chi connectivity index (χ0v) is 14.9. The molecule has 134 valence electrons. The maximum Gasteiger partial charge on any atom is 0.226 e. The van der Waals surface area contributed by atoms with Crippen LogP contribution in [0.1, 0.15) is 44.1 Å². The molecular formula is C18H24N4O3. The molecule has 7 nitrogen and oxygen atoms in total. The quantitative estimate of drug-likeness (QED) is 0.898. The molecule has 7 heteroatoms. The Balaban J connectivity index is 1.63. The molecule has 0 aliphatic carbocycles. The highest BCUT2D eigenvalue weighted by molar-refractivity contribution is 5.79. The van der Waals surface area contributed by atoms with E-state index in [0.717, 1.165) is 11.5 Å². The highest BCUT2D eigenvalue weighted by Crippen LogP contribution is 2.26. The molecule has 0 spiro atoms. The molecule has 1 atom stereocenters. The minimum Gasteiger partial charge on any atom is -0.467 e. The number of amides is 2. The Morgan fingerprint density at radius 2 is 2.20 bits per heavy atom. The highest BCUT2D eigenvalue weighted by atomic mass is 16.3. The van der Waals surface area contributed by atoms with Gasteiger partial charge in [0.2, 0.25) is 11.8 Å². The maximum atomic E-state index is 12.3. The Morgan fingerprint density at radius 1 is 1.40 bits per heavy atom. The number of carbonyl (C=O) groups excluding carboxylic acids is 2. The SMILES string of the molecule is CC(C)C(=O)N1CCn2cc(CC(=O)NCc3ccco3)nc2[C@H]1C. The molecular weight excluding hydrogens is 320 g/mol. The number of nitrogens with one attached hydrogen (secondary N) is 1. The molecule has 1 N–H and O–H groups in total. The Labute approximate surface area is 147 Å². The molecule has 1 aliphatic heterocycles. The molecule has 3 heterocycles. The monoisotopic (exact) mass is 344 g/mol. The first-order valence-corrected chi connectivity index (χ1v) is 8.61. The summed E-state index contributed by atoms with van der Waals surface area (Å²) in [6.45, 7) is 7.55. The second-order valence-corrected chi connectivity index (χ2v) is 6.68. The largest absolute Gasteiger partial charge is 0.467 e. The summed E-state index contributed by atoms with van der Waals surface area (Å²) in [6.07, 6.45) is 3.71. The second kappa shape index (κ2) is 7.13. The van der Waals surface area contributed by atoms with Gasteiger partial charge in [0, 0.05) is 25.2 Å². The molecule has 3 rings (SSSR count). The van der Waals surface area contributed by atoms with Gasteiger partial charge < -0.3 is 19.2 Å². The van der Waals surface area contributed by atoms with Gasteiger partial charge in [-0.2, -0.15) is 0 Å². The van der Waals surface area contributed by atoms with E-state index in [9.17, 15) is 9.59 Å². The number of hydrogen-bond donors (Lipinski definition) is 1. The van der Waals surface area contributed by atoms with Crippen molar-refractivity contribution in [2.24, 2.45) is 5.92 Å². The van der Waals surface area contributed by atoms with Gasteiger partial charge in [0.25, 0.3) is 0 Å². The van der Waals surface area contributed by atoms with Gasteiger partial charge in [-0.15, -0.1) is 0 Å². The Hall–Kier alpha value is -2.57. The summed E-state index contributed by atoms with van der Waals surface area (Å²) in [5, 5.41) is 2.82. The van der Waals surface area contributed by atoms with E-state index in [4.69, 9.17) is 4.42 Å². The van der Waals surface area contributed by atoms with Crippen molar-refractivity contribution in [2.45, 2.75) is 46.3 Å². The topological polar surface area (TPSA) is 80.4 Å². The third-order valence-corrected chi connectivity index (χ3v) is 4.44. The summed E-state index contributed by atoms with van der Waals surface area (Å²) in [7, 11) is 0. The van der Waals surface area contributed by atoms with Crippen LogP contribution in [0.3, 0.4) is 0 Å². The molecule has 25 heavy (non-hydrogen) atoms.